The first kappa shape index (κ1) is 22.2. The first-order chi connectivity index (χ1) is 14.9. The number of aromatic nitrogens is 3. The average molecular weight is 578 g/mol. The van der Waals surface area contributed by atoms with Crippen LogP contribution in [0, 0.1) is 12.1 Å². The second kappa shape index (κ2) is 11.7. The number of benzene rings is 2. The predicted molar refractivity (Wildman–Crippen MR) is 120 cm³/mol. The van der Waals surface area contributed by atoms with Gasteiger partial charge in [0.2, 0.25) is 0 Å². The third-order valence-electron chi connectivity index (χ3n) is 4.39. The van der Waals surface area contributed by atoms with E-state index in [0.29, 0.717) is 0 Å². The maximum Gasteiger partial charge on any atom is 0.0346 e. The fraction of sp³-hybridized carbons (Fsp3) is 0. The Kier molecular flexibility index (Phi) is 8.36. The van der Waals surface area contributed by atoms with Crippen LogP contribution in [0.1, 0.15) is 0 Å². The molecule has 5 rings (SSSR count). The monoisotopic (exact) mass is 578 g/mol. The minimum absolute atomic E-state index is 0. The van der Waals surface area contributed by atoms with Crippen LogP contribution in [0.25, 0.3) is 33.6 Å². The molecule has 153 valence electrons. The third-order valence-corrected chi connectivity index (χ3v) is 4.39. The maximum absolute atomic E-state index is 4.47. The standard InChI is InChI=1S/C16H11N2.C11H8N.Ir/c1-2-5-13(6-3-1)16-9-8-15(12-18-16)14-7-4-10-17-11-14;1-2-6-10(7-3-1)11-8-4-5-9-12-11;/h1-5,7-12H;1-6,8-9H;/q2*-1;. The number of rotatable bonds is 3. The zero-order valence-corrected chi connectivity index (χ0v) is 19.0. The summed E-state index contributed by atoms with van der Waals surface area (Å²) in [5, 5.41) is 0. The van der Waals surface area contributed by atoms with Crippen LogP contribution in [0.3, 0.4) is 0 Å². The zero-order valence-electron chi connectivity index (χ0n) is 16.6. The van der Waals surface area contributed by atoms with Gasteiger partial charge in [0.05, 0.1) is 0 Å². The van der Waals surface area contributed by atoms with Crippen molar-refractivity contribution in [1.29, 1.82) is 0 Å². The van der Waals surface area contributed by atoms with E-state index in [4.69, 9.17) is 0 Å². The largest absolute Gasteiger partial charge is 0.305 e. The molecule has 0 bridgehead atoms. The van der Waals surface area contributed by atoms with Crippen molar-refractivity contribution in [3.8, 4) is 33.6 Å². The van der Waals surface area contributed by atoms with Gasteiger partial charge >= 0.3 is 0 Å². The van der Waals surface area contributed by atoms with Gasteiger partial charge in [-0.15, -0.1) is 71.8 Å². The molecule has 0 aliphatic heterocycles. The Labute approximate surface area is 196 Å². The summed E-state index contributed by atoms with van der Waals surface area (Å²) in [7, 11) is 0. The van der Waals surface area contributed by atoms with Gasteiger partial charge in [-0.05, 0) is 29.1 Å². The van der Waals surface area contributed by atoms with Gasteiger partial charge in [-0.3, -0.25) is 4.98 Å². The summed E-state index contributed by atoms with van der Waals surface area (Å²) < 4.78 is 0. The van der Waals surface area contributed by atoms with Crippen molar-refractivity contribution in [2.75, 3.05) is 0 Å². The van der Waals surface area contributed by atoms with Crippen molar-refractivity contribution in [3.05, 3.63) is 128 Å². The molecule has 0 saturated heterocycles. The Morgan fingerprint density at radius 2 is 1.19 bits per heavy atom. The molecule has 0 fully saturated rings. The molecule has 0 aliphatic carbocycles. The molecule has 0 amide bonds. The Bertz CT molecular complexity index is 1050. The van der Waals surface area contributed by atoms with Gasteiger partial charge in [0, 0.05) is 50.5 Å². The Morgan fingerprint density at radius 3 is 1.71 bits per heavy atom. The molecule has 0 unspecified atom stereocenters. The van der Waals surface area contributed by atoms with Crippen molar-refractivity contribution in [1.82, 2.24) is 15.0 Å². The summed E-state index contributed by atoms with van der Waals surface area (Å²) in [5.74, 6) is 0. The molecule has 0 saturated carbocycles. The van der Waals surface area contributed by atoms with Crippen molar-refractivity contribution < 1.29 is 20.1 Å². The summed E-state index contributed by atoms with van der Waals surface area (Å²) in [5.41, 5.74) is 6.10. The van der Waals surface area contributed by atoms with Crippen molar-refractivity contribution in [2.24, 2.45) is 0 Å². The van der Waals surface area contributed by atoms with Gasteiger partial charge in [-0.2, -0.15) is 0 Å². The van der Waals surface area contributed by atoms with Gasteiger partial charge < -0.3 is 9.97 Å². The van der Waals surface area contributed by atoms with Gasteiger partial charge in [0.25, 0.3) is 0 Å². The molecule has 2 aromatic carbocycles. The van der Waals surface area contributed by atoms with Gasteiger partial charge in [0.15, 0.2) is 0 Å². The molecular formula is C27H19IrN3-2. The fourth-order valence-corrected chi connectivity index (χ4v) is 2.88. The summed E-state index contributed by atoms with van der Waals surface area (Å²) >= 11 is 0. The molecule has 0 N–H and O–H groups in total. The van der Waals surface area contributed by atoms with Crippen LogP contribution in [-0.4, -0.2) is 15.0 Å². The van der Waals surface area contributed by atoms with Crippen molar-refractivity contribution >= 4 is 0 Å². The van der Waals surface area contributed by atoms with Crippen LogP contribution in [-0.2, 0) is 20.1 Å². The quantitative estimate of drug-likeness (QED) is 0.241. The summed E-state index contributed by atoms with van der Waals surface area (Å²) in [4.78, 5) is 12.8. The summed E-state index contributed by atoms with van der Waals surface area (Å²) in [6.45, 7) is 0. The molecule has 31 heavy (non-hydrogen) atoms. The molecule has 3 heterocycles. The van der Waals surface area contributed by atoms with E-state index in [-0.39, 0.29) is 20.1 Å². The topological polar surface area (TPSA) is 38.7 Å². The van der Waals surface area contributed by atoms with E-state index in [0.717, 1.165) is 33.6 Å². The van der Waals surface area contributed by atoms with E-state index in [2.05, 4.69) is 33.2 Å². The molecular weight excluding hydrogens is 559 g/mol. The normalized spacial score (nSPS) is 9.68. The van der Waals surface area contributed by atoms with Crippen molar-refractivity contribution in [2.45, 2.75) is 0 Å². The van der Waals surface area contributed by atoms with E-state index in [9.17, 15) is 0 Å². The molecule has 3 nitrogen and oxygen atoms in total. The number of hydrogen-bond acceptors (Lipinski definition) is 3. The minimum atomic E-state index is 0. The second-order valence-corrected chi connectivity index (χ2v) is 6.44. The zero-order chi connectivity index (χ0) is 20.4. The number of pyridine rings is 3. The van der Waals surface area contributed by atoms with Crippen LogP contribution < -0.4 is 0 Å². The summed E-state index contributed by atoms with van der Waals surface area (Å²) in [6, 6.07) is 35.8. The molecule has 1 radical (unpaired) electrons. The van der Waals surface area contributed by atoms with E-state index in [1.165, 1.54) is 0 Å². The van der Waals surface area contributed by atoms with E-state index >= 15 is 0 Å². The average Bonchev–Trinajstić information content (AvgIpc) is 2.87. The first-order valence-corrected chi connectivity index (χ1v) is 9.62. The van der Waals surface area contributed by atoms with E-state index in [1.807, 2.05) is 97.3 Å². The fourth-order valence-electron chi connectivity index (χ4n) is 2.88. The van der Waals surface area contributed by atoms with Gasteiger partial charge in [0.1, 0.15) is 0 Å². The predicted octanol–water partition coefficient (Wildman–Crippen LogP) is 6.16. The molecule has 4 heteroatoms. The van der Waals surface area contributed by atoms with E-state index < -0.39 is 0 Å². The van der Waals surface area contributed by atoms with Gasteiger partial charge in [-0.1, -0.05) is 30.3 Å². The smallest absolute Gasteiger partial charge is 0.0346 e. The molecule has 0 aliphatic rings. The maximum atomic E-state index is 4.47. The van der Waals surface area contributed by atoms with E-state index in [1.54, 1.807) is 12.4 Å². The number of hydrogen-bond donors (Lipinski definition) is 0. The minimum Gasteiger partial charge on any atom is -0.305 e. The summed E-state index contributed by atoms with van der Waals surface area (Å²) in [6.07, 6.45) is 7.26. The third kappa shape index (κ3) is 6.26. The number of nitrogens with zero attached hydrogens (tertiary/aromatic N) is 3. The van der Waals surface area contributed by atoms with Gasteiger partial charge in [-0.25, -0.2) is 0 Å². The van der Waals surface area contributed by atoms with Crippen LogP contribution in [0.15, 0.2) is 116 Å². The van der Waals surface area contributed by atoms with Crippen LogP contribution >= 0.6 is 0 Å². The Morgan fingerprint density at radius 1 is 0.516 bits per heavy atom. The van der Waals surface area contributed by atoms with Crippen LogP contribution in [0.5, 0.6) is 0 Å². The SMILES string of the molecule is [Ir].[c-]1ccccc1-c1ccc(-c2cccnc2)cn1.[c-]1ccccc1-c1ccccn1. The molecule has 0 spiro atoms. The molecule has 0 atom stereocenters. The molecule has 3 aromatic heterocycles. The Balaban J connectivity index is 0.000000183. The Hall–Kier alpha value is -3.46. The van der Waals surface area contributed by atoms with Crippen LogP contribution in [0.2, 0.25) is 0 Å². The molecule has 5 aromatic rings. The second-order valence-electron chi connectivity index (χ2n) is 6.44. The van der Waals surface area contributed by atoms with Crippen molar-refractivity contribution in [3.63, 3.8) is 0 Å². The first-order valence-electron chi connectivity index (χ1n) is 9.62. The van der Waals surface area contributed by atoms with Crippen LogP contribution in [0.4, 0.5) is 0 Å².